The molecule has 0 bridgehead atoms. The summed E-state index contributed by atoms with van der Waals surface area (Å²) in [5.74, 6) is -2.04. The van der Waals surface area contributed by atoms with E-state index in [2.05, 4.69) is 10.3 Å². The van der Waals surface area contributed by atoms with Crippen molar-refractivity contribution in [3.8, 4) is 0 Å². The summed E-state index contributed by atoms with van der Waals surface area (Å²) in [6, 6.07) is 0. The molecule has 0 aliphatic carbocycles. The fraction of sp³-hybridized carbons (Fsp3) is 0.714. The second kappa shape index (κ2) is 7.82. The number of carboxylic acid groups (broad SMARTS) is 1. The molecule has 1 saturated heterocycles. The average molecular weight is 314 g/mol. The summed E-state index contributed by atoms with van der Waals surface area (Å²) in [7, 11) is 0. The van der Waals surface area contributed by atoms with Gasteiger partial charge in [0.05, 0.1) is 5.60 Å². The molecular weight excluding hydrogens is 292 g/mol. The Bertz CT molecular complexity index is 470. The van der Waals surface area contributed by atoms with E-state index in [0.29, 0.717) is 12.8 Å². The molecule has 124 valence electrons. The van der Waals surface area contributed by atoms with Crippen molar-refractivity contribution in [3.63, 3.8) is 0 Å². The van der Waals surface area contributed by atoms with E-state index in [4.69, 9.17) is 9.84 Å². The minimum Gasteiger partial charge on any atom is -0.478 e. The molecular formula is C14H22N2O6. The van der Waals surface area contributed by atoms with Gasteiger partial charge in [-0.25, -0.2) is 9.59 Å². The quantitative estimate of drug-likeness (QED) is 0.453. The topological polar surface area (TPSA) is 122 Å². The van der Waals surface area contributed by atoms with Crippen LogP contribution >= 0.6 is 0 Å². The zero-order valence-electron chi connectivity index (χ0n) is 13.4. The normalized spacial score (nSPS) is 17.0. The van der Waals surface area contributed by atoms with E-state index in [1.165, 1.54) is 6.08 Å². The van der Waals surface area contributed by atoms with Crippen molar-refractivity contribution in [1.29, 1.82) is 0 Å². The summed E-state index contributed by atoms with van der Waals surface area (Å²) in [4.78, 5) is 45.0. The number of nitrogens with zero attached hydrogens (tertiary/aromatic N) is 1. The molecule has 1 fully saturated rings. The third kappa shape index (κ3) is 6.15. The predicted molar refractivity (Wildman–Crippen MR) is 76.5 cm³/mol. The smallest absolute Gasteiger partial charge is 0.360 e. The molecule has 0 aromatic carbocycles. The lowest BCUT2D eigenvalue weighted by atomic mass is 9.98. The summed E-state index contributed by atoms with van der Waals surface area (Å²) in [5.41, 5.74) is -2.55. The highest BCUT2D eigenvalue weighted by atomic mass is 16.6. The maximum absolute atomic E-state index is 11.1. The van der Waals surface area contributed by atoms with Crippen molar-refractivity contribution < 1.29 is 29.0 Å². The number of imide groups is 1. The van der Waals surface area contributed by atoms with Crippen LogP contribution in [0.1, 0.15) is 47.5 Å². The monoisotopic (exact) mass is 314 g/mol. The molecule has 2 amide bonds. The minimum atomic E-state index is -1.85. The molecule has 1 aliphatic rings. The lowest BCUT2D eigenvalue weighted by Gasteiger charge is -2.34. The zero-order chi connectivity index (χ0) is 17.6. The van der Waals surface area contributed by atoms with Crippen molar-refractivity contribution in [2.45, 2.75) is 58.8 Å². The molecule has 1 unspecified atom stereocenters. The number of hydrogen-bond donors (Lipinski definition) is 2. The first-order valence-electron chi connectivity index (χ1n) is 6.80. The molecule has 0 aromatic rings. The van der Waals surface area contributed by atoms with Gasteiger partial charge in [-0.15, -0.1) is 0 Å². The van der Waals surface area contributed by atoms with Crippen LogP contribution in [0, 0.1) is 5.92 Å². The van der Waals surface area contributed by atoms with Crippen LogP contribution in [0.4, 0.5) is 0 Å². The van der Waals surface area contributed by atoms with Crippen molar-refractivity contribution in [3.05, 3.63) is 0 Å². The summed E-state index contributed by atoms with van der Waals surface area (Å²) in [5, 5.41) is 11.2. The highest BCUT2D eigenvalue weighted by molar-refractivity contribution is 6.01. The van der Waals surface area contributed by atoms with Gasteiger partial charge in [0.15, 0.2) is 0 Å². The number of carbonyl (C=O) groups is 3. The summed E-state index contributed by atoms with van der Waals surface area (Å²) in [6.07, 6.45) is 2.01. The van der Waals surface area contributed by atoms with Gasteiger partial charge < -0.3 is 9.84 Å². The minimum absolute atomic E-state index is 0.148. The molecule has 0 aromatic heterocycles. The first kappa shape index (κ1) is 19.9. The highest BCUT2D eigenvalue weighted by Crippen LogP contribution is 2.29. The largest absolute Gasteiger partial charge is 0.478 e. The average Bonchev–Trinajstić information content (AvgIpc) is 2.71. The Labute approximate surface area is 128 Å². The molecule has 1 heterocycles. The molecule has 8 heteroatoms. The van der Waals surface area contributed by atoms with E-state index < -0.39 is 23.2 Å². The van der Waals surface area contributed by atoms with Gasteiger partial charge in [-0.05, 0) is 20.8 Å². The molecule has 0 spiro atoms. The van der Waals surface area contributed by atoms with Gasteiger partial charge in [-0.2, -0.15) is 4.99 Å². The summed E-state index contributed by atoms with van der Waals surface area (Å²) >= 11 is 0. The van der Waals surface area contributed by atoms with Crippen LogP contribution in [-0.4, -0.2) is 40.3 Å². The zero-order valence-corrected chi connectivity index (χ0v) is 13.4. The number of aliphatic imine (C=N–C) groups is 1. The standard InChI is InChI=1S/C10H17NO4.C4H5NO2/c1-7(2)10(8(13)14,11-6-12)15-9(3,4)5;6-3-1-2-4(7)5-3/h7H,1-5H3,(H,13,14);1-2H2,(H,5,6,7). The van der Waals surface area contributed by atoms with Gasteiger partial charge in [0.25, 0.3) is 5.72 Å². The van der Waals surface area contributed by atoms with Crippen LogP contribution in [0.3, 0.4) is 0 Å². The number of rotatable bonds is 4. The first-order chi connectivity index (χ1) is 9.94. The van der Waals surface area contributed by atoms with Gasteiger partial charge in [-0.3, -0.25) is 14.9 Å². The molecule has 1 aliphatic heterocycles. The van der Waals surface area contributed by atoms with Crippen LogP contribution < -0.4 is 5.32 Å². The number of isocyanates is 1. The van der Waals surface area contributed by atoms with Crippen LogP contribution in [-0.2, 0) is 23.9 Å². The van der Waals surface area contributed by atoms with Crippen molar-refractivity contribution in [2.24, 2.45) is 10.9 Å². The Hall–Kier alpha value is -2.05. The molecule has 0 radical (unpaired) electrons. The third-order valence-corrected chi connectivity index (χ3v) is 2.62. The molecule has 0 saturated carbocycles. The first-order valence-corrected chi connectivity index (χ1v) is 6.80. The van der Waals surface area contributed by atoms with Gasteiger partial charge >= 0.3 is 5.97 Å². The van der Waals surface area contributed by atoms with E-state index in [1.807, 2.05) is 0 Å². The maximum Gasteiger partial charge on any atom is 0.360 e. The Morgan fingerprint density at radius 1 is 1.27 bits per heavy atom. The number of ether oxygens (including phenoxy) is 1. The SMILES string of the molecule is CC(C)C(N=C=O)(OC(C)(C)C)C(=O)O.O=C1CCC(=O)N1. The van der Waals surface area contributed by atoms with Crippen LogP contribution in [0.2, 0.25) is 0 Å². The number of hydrogen-bond acceptors (Lipinski definition) is 6. The number of amides is 2. The molecule has 1 rings (SSSR count). The van der Waals surface area contributed by atoms with E-state index in [0.717, 1.165) is 0 Å². The Kier molecular flexibility index (Phi) is 7.09. The molecule has 8 nitrogen and oxygen atoms in total. The van der Waals surface area contributed by atoms with E-state index in [-0.39, 0.29) is 11.8 Å². The number of aliphatic carboxylic acids is 1. The van der Waals surface area contributed by atoms with Crippen LogP contribution in [0.15, 0.2) is 4.99 Å². The molecule has 2 N–H and O–H groups in total. The van der Waals surface area contributed by atoms with Crippen molar-refractivity contribution in [1.82, 2.24) is 5.32 Å². The summed E-state index contributed by atoms with van der Waals surface area (Å²) < 4.78 is 5.36. The van der Waals surface area contributed by atoms with Crippen molar-refractivity contribution in [2.75, 3.05) is 0 Å². The van der Waals surface area contributed by atoms with Gasteiger partial charge in [0.1, 0.15) is 0 Å². The van der Waals surface area contributed by atoms with Gasteiger partial charge in [0, 0.05) is 18.8 Å². The maximum atomic E-state index is 11.1. The fourth-order valence-corrected chi connectivity index (χ4v) is 1.65. The lowest BCUT2D eigenvalue weighted by Crippen LogP contribution is -2.49. The Morgan fingerprint density at radius 3 is 1.91 bits per heavy atom. The number of carboxylic acids is 1. The van der Waals surface area contributed by atoms with Crippen LogP contribution in [0.5, 0.6) is 0 Å². The van der Waals surface area contributed by atoms with Crippen molar-refractivity contribution >= 4 is 23.9 Å². The molecule has 1 atom stereocenters. The number of nitrogens with one attached hydrogen (secondary N) is 1. The van der Waals surface area contributed by atoms with Crippen LogP contribution in [0.25, 0.3) is 0 Å². The second-order valence-corrected chi connectivity index (χ2v) is 6.05. The number of carbonyl (C=O) groups excluding carboxylic acids is 3. The predicted octanol–water partition coefficient (Wildman–Crippen LogP) is 0.997. The third-order valence-electron chi connectivity index (χ3n) is 2.62. The lowest BCUT2D eigenvalue weighted by molar-refractivity contribution is -0.192. The highest BCUT2D eigenvalue weighted by Gasteiger charge is 2.46. The fourth-order valence-electron chi connectivity index (χ4n) is 1.65. The summed E-state index contributed by atoms with van der Waals surface area (Å²) in [6.45, 7) is 8.36. The van der Waals surface area contributed by atoms with Gasteiger partial charge in [0.2, 0.25) is 17.9 Å². The molecule has 22 heavy (non-hydrogen) atoms. The van der Waals surface area contributed by atoms with E-state index in [1.54, 1.807) is 34.6 Å². The van der Waals surface area contributed by atoms with E-state index >= 15 is 0 Å². The Morgan fingerprint density at radius 2 is 1.73 bits per heavy atom. The van der Waals surface area contributed by atoms with E-state index in [9.17, 15) is 19.2 Å². The van der Waals surface area contributed by atoms with Gasteiger partial charge in [-0.1, -0.05) is 13.8 Å². The second-order valence-electron chi connectivity index (χ2n) is 6.05. The Balaban J connectivity index is 0.000000518.